The van der Waals surface area contributed by atoms with Crippen LogP contribution in [-0.2, 0) is 57.0 Å². The molecule has 4 aliphatic rings. The molecule has 4 aliphatic heterocycles. The summed E-state index contributed by atoms with van der Waals surface area (Å²) in [4.78, 5) is 65.5. The summed E-state index contributed by atoms with van der Waals surface area (Å²) in [5.74, 6) is -9.58. The van der Waals surface area contributed by atoms with Crippen LogP contribution < -0.4 is 4.74 Å². The van der Waals surface area contributed by atoms with Crippen LogP contribution in [0.5, 0.6) is 23.0 Å². The van der Waals surface area contributed by atoms with Gasteiger partial charge in [0.25, 0.3) is 0 Å². The molecule has 0 aliphatic carbocycles. The van der Waals surface area contributed by atoms with E-state index >= 15 is 0 Å². The molecular weight excluding hydrogens is 832 g/mol. The summed E-state index contributed by atoms with van der Waals surface area (Å²) in [7, 11) is 0. The average Bonchev–Trinajstić information content (AvgIpc) is 3.23. The molecule has 0 amide bonds. The molecule has 2 aromatic carbocycles. The number of fused-ring (bicyclic) bond motifs is 1. The first-order valence-electron chi connectivity index (χ1n) is 19.0. The number of esters is 5. The first-order valence-corrected chi connectivity index (χ1v) is 19.0. The molecule has 0 unspecified atom stereocenters. The quantitative estimate of drug-likeness (QED) is 0.0581. The maximum atomic E-state index is 14.2. The molecule has 0 aromatic heterocycles. The Morgan fingerprint density at radius 3 is 2.13 bits per heavy atom. The highest BCUT2D eigenvalue weighted by atomic mass is 16.8. The summed E-state index contributed by atoms with van der Waals surface area (Å²) >= 11 is 0. The van der Waals surface area contributed by atoms with Crippen molar-refractivity contribution in [1.29, 1.82) is 0 Å². The molecule has 4 heterocycles. The fourth-order valence-electron chi connectivity index (χ4n) is 7.23. The Bertz CT molecular complexity index is 2050. The SMILES string of the molecule is C=C[C@@H]1[C@@H](O[C@H]2O[C@@H](COC(C)=O)[C@H](OC(=O)c3cccc(O)c3O[C@H]3O[C@H](CO)[C@H](O)[C@H](O)[C@@H]3O)[C@@H](OC(C)=O)[C@@H]2OC(=O)c2cccc(O)c2O)OC=C2C(=O)OCC[C@H]21. The van der Waals surface area contributed by atoms with Crippen molar-refractivity contribution in [3.05, 3.63) is 72.0 Å². The van der Waals surface area contributed by atoms with Gasteiger partial charge in [0.15, 0.2) is 41.3 Å². The van der Waals surface area contributed by atoms with Gasteiger partial charge < -0.3 is 83.1 Å². The Morgan fingerprint density at radius 1 is 0.790 bits per heavy atom. The number of aromatic hydroxyl groups is 3. The predicted octanol–water partition coefficient (Wildman–Crippen LogP) is -0.425. The number of cyclic esters (lactones) is 1. The molecule has 22 nitrogen and oxygen atoms in total. The van der Waals surface area contributed by atoms with Gasteiger partial charge in [-0.15, -0.1) is 6.58 Å². The van der Waals surface area contributed by atoms with Gasteiger partial charge >= 0.3 is 29.8 Å². The Morgan fingerprint density at radius 2 is 1.45 bits per heavy atom. The lowest BCUT2D eigenvalue weighted by molar-refractivity contribution is -0.338. The lowest BCUT2D eigenvalue weighted by atomic mass is 9.81. The summed E-state index contributed by atoms with van der Waals surface area (Å²) in [6.07, 6.45) is -16.8. The average molecular weight is 877 g/mol. The van der Waals surface area contributed by atoms with Crippen LogP contribution >= 0.6 is 0 Å². The summed E-state index contributed by atoms with van der Waals surface area (Å²) < 4.78 is 56.8. The second-order valence-electron chi connectivity index (χ2n) is 14.4. The van der Waals surface area contributed by atoms with Gasteiger partial charge in [-0.3, -0.25) is 9.59 Å². The summed E-state index contributed by atoms with van der Waals surface area (Å²) in [5.41, 5.74) is -0.988. The van der Waals surface area contributed by atoms with Crippen molar-refractivity contribution in [2.75, 3.05) is 19.8 Å². The van der Waals surface area contributed by atoms with Crippen molar-refractivity contribution >= 4 is 29.8 Å². The van der Waals surface area contributed by atoms with Crippen molar-refractivity contribution in [2.24, 2.45) is 11.8 Å². The highest BCUT2D eigenvalue weighted by Gasteiger charge is 2.55. The van der Waals surface area contributed by atoms with E-state index in [0.29, 0.717) is 6.42 Å². The molecule has 7 N–H and O–H groups in total. The van der Waals surface area contributed by atoms with Gasteiger partial charge in [0.05, 0.1) is 25.0 Å². The molecule has 6 rings (SSSR count). The Labute approximate surface area is 351 Å². The Kier molecular flexibility index (Phi) is 14.2. The number of para-hydroxylation sites is 2. The first-order chi connectivity index (χ1) is 29.5. The van der Waals surface area contributed by atoms with Crippen molar-refractivity contribution < 1.29 is 107 Å². The maximum absolute atomic E-state index is 14.2. The van der Waals surface area contributed by atoms with E-state index in [4.69, 9.17) is 47.4 Å². The van der Waals surface area contributed by atoms with Crippen LogP contribution in [0, 0.1) is 11.8 Å². The lowest BCUT2D eigenvalue weighted by Crippen LogP contribution is -2.64. The van der Waals surface area contributed by atoms with Gasteiger partial charge in [0, 0.05) is 25.7 Å². The number of carbonyl (C=O) groups is 5. The van der Waals surface area contributed by atoms with E-state index in [1.54, 1.807) is 0 Å². The van der Waals surface area contributed by atoms with Crippen molar-refractivity contribution in [2.45, 2.75) is 88.0 Å². The summed E-state index contributed by atoms with van der Waals surface area (Å²) in [5, 5.41) is 72.3. The number of hydrogen-bond acceptors (Lipinski definition) is 22. The number of phenolic OH excluding ortho intramolecular Hbond substituents is 3. The van der Waals surface area contributed by atoms with E-state index < -0.39 is 157 Å². The van der Waals surface area contributed by atoms with Gasteiger partial charge in [-0.2, -0.15) is 0 Å². The molecule has 13 atom stereocenters. The van der Waals surface area contributed by atoms with Crippen LogP contribution in [0.15, 0.2) is 60.9 Å². The molecule has 62 heavy (non-hydrogen) atoms. The first kappa shape index (κ1) is 45.5. The minimum absolute atomic E-state index is 0.0615. The van der Waals surface area contributed by atoms with Crippen LogP contribution in [0.25, 0.3) is 0 Å². The molecule has 2 aromatic rings. The number of phenols is 3. The Hall–Kier alpha value is -6.01. The molecular formula is C40H44O22. The topological polar surface area (TPSA) is 319 Å². The van der Waals surface area contributed by atoms with E-state index in [1.165, 1.54) is 18.2 Å². The monoisotopic (exact) mass is 876 g/mol. The number of benzene rings is 2. The molecule has 336 valence electrons. The van der Waals surface area contributed by atoms with E-state index in [2.05, 4.69) is 6.58 Å². The third kappa shape index (κ3) is 9.55. The van der Waals surface area contributed by atoms with E-state index in [0.717, 1.165) is 44.4 Å². The largest absolute Gasteiger partial charge is 0.504 e. The van der Waals surface area contributed by atoms with Crippen molar-refractivity contribution in [3.63, 3.8) is 0 Å². The number of ether oxygens (including phenoxy) is 10. The third-order valence-corrected chi connectivity index (χ3v) is 10.3. The third-order valence-electron chi connectivity index (χ3n) is 10.3. The number of aliphatic hydroxyl groups is 4. The maximum Gasteiger partial charge on any atom is 0.342 e. The molecule has 3 fully saturated rings. The van der Waals surface area contributed by atoms with Crippen LogP contribution in [-0.4, -0.2) is 153 Å². The van der Waals surface area contributed by atoms with Crippen LogP contribution in [0.2, 0.25) is 0 Å². The zero-order valence-corrected chi connectivity index (χ0v) is 32.9. The minimum Gasteiger partial charge on any atom is -0.504 e. The number of hydrogen-bond donors (Lipinski definition) is 7. The molecule has 0 bridgehead atoms. The molecule has 0 radical (unpaired) electrons. The van der Waals surface area contributed by atoms with Crippen LogP contribution in [0.1, 0.15) is 41.0 Å². The fraction of sp³-hybridized carbons (Fsp3) is 0.475. The fourth-order valence-corrected chi connectivity index (χ4v) is 7.23. The zero-order valence-electron chi connectivity index (χ0n) is 32.9. The van der Waals surface area contributed by atoms with Crippen LogP contribution in [0.3, 0.4) is 0 Å². The van der Waals surface area contributed by atoms with E-state index in [1.807, 2.05) is 0 Å². The Balaban J connectivity index is 1.39. The second-order valence-corrected chi connectivity index (χ2v) is 14.4. The summed E-state index contributed by atoms with van der Waals surface area (Å²) in [6, 6.07) is 6.71. The molecule has 0 saturated carbocycles. The normalized spacial score (nSPS) is 31.7. The number of carbonyl (C=O) groups excluding carboxylic acids is 5. The molecule has 0 spiro atoms. The number of rotatable bonds is 13. The van der Waals surface area contributed by atoms with E-state index in [-0.39, 0.29) is 12.2 Å². The zero-order chi connectivity index (χ0) is 45.0. The van der Waals surface area contributed by atoms with Crippen molar-refractivity contribution in [3.8, 4) is 23.0 Å². The highest BCUT2D eigenvalue weighted by Crippen LogP contribution is 2.41. The van der Waals surface area contributed by atoms with Gasteiger partial charge in [-0.05, 0) is 30.7 Å². The van der Waals surface area contributed by atoms with Crippen LogP contribution in [0.4, 0.5) is 0 Å². The highest BCUT2D eigenvalue weighted by molar-refractivity contribution is 5.94. The van der Waals surface area contributed by atoms with Crippen molar-refractivity contribution in [1.82, 2.24) is 0 Å². The molecule has 3 saturated heterocycles. The number of aliphatic hydroxyl groups excluding tert-OH is 4. The van der Waals surface area contributed by atoms with Gasteiger partial charge in [-0.25, -0.2) is 14.4 Å². The van der Waals surface area contributed by atoms with Gasteiger partial charge in [-0.1, -0.05) is 18.2 Å². The van der Waals surface area contributed by atoms with E-state index in [9.17, 15) is 59.7 Å². The summed E-state index contributed by atoms with van der Waals surface area (Å²) in [6.45, 7) is 4.34. The molecule has 22 heteroatoms. The predicted molar refractivity (Wildman–Crippen MR) is 198 cm³/mol. The lowest BCUT2D eigenvalue weighted by Gasteiger charge is -2.46. The smallest absolute Gasteiger partial charge is 0.342 e. The standard InChI is InChI=1S/C40H44O22/c1-4-18-19-11-12-53-35(50)22(19)14-55-38(18)62-40-34(60-36(51)20-7-5-9-23(44)27(20)46)33(56-17(3)43)32(26(58-40)15-54-16(2)42)59-37(52)21-8-6-10-24(45)31(21)61-39-30(49)29(48)28(47)25(13-41)57-39/h4-10,14,18-19,25-26,28-30,32-34,38-41,44-49H,1,11-13,15H2,2-3H3/t18-,19-,25+,26-,28-,29-,30-,32-,33+,34-,38+,39+,40+/m0/s1. The van der Waals surface area contributed by atoms with Gasteiger partial charge in [0.2, 0.25) is 18.9 Å². The van der Waals surface area contributed by atoms with Gasteiger partial charge in [0.1, 0.15) is 48.3 Å². The second kappa shape index (κ2) is 19.4. The minimum atomic E-state index is -1.98.